The van der Waals surface area contributed by atoms with Gasteiger partial charge >= 0.3 is 5.97 Å². The fraction of sp³-hybridized carbons (Fsp3) is 0.400. The van der Waals surface area contributed by atoms with Gasteiger partial charge in [-0.25, -0.2) is 0 Å². The Kier molecular flexibility index (Phi) is 4.65. The van der Waals surface area contributed by atoms with Gasteiger partial charge < -0.3 is 20.5 Å². The molecular weight excluding hydrogens is 288 g/mol. The van der Waals surface area contributed by atoms with Crippen LogP contribution in [0.3, 0.4) is 0 Å². The fourth-order valence-corrected chi connectivity index (χ4v) is 2.03. The number of amides is 2. The van der Waals surface area contributed by atoms with E-state index in [1.54, 1.807) is 24.3 Å². The van der Waals surface area contributed by atoms with Crippen LogP contribution < -0.4 is 15.4 Å². The molecule has 1 aliphatic rings. The lowest BCUT2D eigenvalue weighted by Crippen LogP contribution is -2.38. The fourth-order valence-electron chi connectivity index (χ4n) is 2.03. The summed E-state index contributed by atoms with van der Waals surface area (Å²) in [4.78, 5) is 33.7. The molecule has 1 aromatic rings. The van der Waals surface area contributed by atoms with E-state index in [9.17, 15) is 14.4 Å². The van der Waals surface area contributed by atoms with Gasteiger partial charge in [0, 0.05) is 18.7 Å². The summed E-state index contributed by atoms with van der Waals surface area (Å²) in [6, 6.07) is 6.87. The number of ether oxygens (including phenoxy) is 1. The number of carbonyl (C=O) groups is 3. The van der Waals surface area contributed by atoms with Crippen molar-refractivity contribution in [1.29, 1.82) is 0 Å². The SMILES string of the molecule is CC(=O)Nc1cccc(OCCNC(=O)C2(C(=O)O)CC2)c1. The van der Waals surface area contributed by atoms with Crippen molar-refractivity contribution < 1.29 is 24.2 Å². The van der Waals surface area contributed by atoms with E-state index in [2.05, 4.69) is 10.6 Å². The summed E-state index contributed by atoms with van der Waals surface area (Å²) < 4.78 is 5.46. The Morgan fingerprint density at radius 3 is 2.64 bits per heavy atom. The highest BCUT2D eigenvalue weighted by molar-refractivity contribution is 6.04. The highest BCUT2D eigenvalue weighted by Gasteiger charge is 2.56. The molecule has 1 aliphatic carbocycles. The van der Waals surface area contributed by atoms with Gasteiger partial charge in [0.2, 0.25) is 11.8 Å². The molecule has 3 N–H and O–H groups in total. The van der Waals surface area contributed by atoms with Crippen LogP contribution >= 0.6 is 0 Å². The molecule has 2 amide bonds. The number of aliphatic carboxylic acids is 1. The monoisotopic (exact) mass is 306 g/mol. The van der Waals surface area contributed by atoms with Gasteiger partial charge in [-0.3, -0.25) is 14.4 Å². The summed E-state index contributed by atoms with van der Waals surface area (Å²) in [6.45, 7) is 1.85. The molecule has 22 heavy (non-hydrogen) atoms. The van der Waals surface area contributed by atoms with Gasteiger partial charge in [-0.15, -0.1) is 0 Å². The van der Waals surface area contributed by atoms with Crippen LogP contribution in [0.4, 0.5) is 5.69 Å². The van der Waals surface area contributed by atoms with E-state index in [0.29, 0.717) is 24.3 Å². The van der Waals surface area contributed by atoms with Gasteiger partial charge in [-0.2, -0.15) is 0 Å². The Labute approximate surface area is 127 Å². The maximum atomic E-state index is 11.8. The first-order chi connectivity index (χ1) is 10.4. The molecular formula is C15H18N2O5. The zero-order valence-corrected chi connectivity index (χ0v) is 12.2. The summed E-state index contributed by atoms with van der Waals surface area (Å²) in [5.74, 6) is -1.16. The minimum atomic E-state index is -1.23. The van der Waals surface area contributed by atoms with Crippen molar-refractivity contribution in [2.45, 2.75) is 19.8 Å². The van der Waals surface area contributed by atoms with E-state index in [-0.39, 0.29) is 19.1 Å². The number of rotatable bonds is 7. The van der Waals surface area contributed by atoms with E-state index in [0.717, 1.165) is 0 Å². The molecule has 0 saturated heterocycles. The number of nitrogens with one attached hydrogen (secondary N) is 2. The summed E-state index contributed by atoms with van der Waals surface area (Å²) in [7, 11) is 0. The quantitative estimate of drug-likeness (QED) is 0.515. The predicted octanol–water partition coefficient (Wildman–Crippen LogP) is 1.00. The largest absolute Gasteiger partial charge is 0.492 e. The van der Waals surface area contributed by atoms with Crippen LogP contribution in [0.15, 0.2) is 24.3 Å². The number of benzene rings is 1. The molecule has 1 aromatic carbocycles. The zero-order valence-electron chi connectivity index (χ0n) is 12.2. The minimum Gasteiger partial charge on any atom is -0.492 e. The normalized spacial score (nSPS) is 14.8. The number of carboxylic acids is 1. The van der Waals surface area contributed by atoms with E-state index in [1.807, 2.05) is 0 Å². The number of anilines is 1. The molecule has 0 atom stereocenters. The van der Waals surface area contributed by atoms with Crippen molar-refractivity contribution in [3.63, 3.8) is 0 Å². The minimum absolute atomic E-state index is 0.173. The lowest BCUT2D eigenvalue weighted by molar-refractivity contribution is -0.149. The van der Waals surface area contributed by atoms with Crippen LogP contribution in [0.5, 0.6) is 5.75 Å². The Balaban J connectivity index is 1.76. The number of hydrogen-bond donors (Lipinski definition) is 3. The van der Waals surface area contributed by atoms with Gasteiger partial charge in [0.25, 0.3) is 0 Å². The summed E-state index contributed by atoms with van der Waals surface area (Å²) in [6.07, 6.45) is 0.765. The van der Waals surface area contributed by atoms with E-state index in [4.69, 9.17) is 9.84 Å². The molecule has 7 nitrogen and oxygen atoms in total. The van der Waals surface area contributed by atoms with E-state index < -0.39 is 17.3 Å². The van der Waals surface area contributed by atoms with E-state index in [1.165, 1.54) is 6.92 Å². The van der Waals surface area contributed by atoms with E-state index >= 15 is 0 Å². The van der Waals surface area contributed by atoms with Gasteiger partial charge in [-0.1, -0.05) is 6.07 Å². The second-order valence-corrected chi connectivity index (χ2v) is 5.20. The Bertz CT molecular complexity index is 595. The second-order valence-electron chi connectivity index (χ2n) is 5.20. The Morgan fingerprint density at radius 2 is 2.05 bits per heavy atom. The highest BCUT2D eigenvalue weighted by Crippen LogP contribution is 2.45. The topological polar surface area (TPSA) is 105 Å². The summed E-state index contributed by atoms with van der Waals surface area (Å²) >= 11 is 0. The van der Waals surface area contributed by atoms with Crippen molar-refractivity contribution in [3.8, 4) is 5.75 Å². The standard InChI is InChI=1S/C15H18N2O5/c1-10(18)17-11-3-2-4-12(9-11)22-8-7-16-13(19)15(5-6-15)14(20)21/h2-4,9H,5-8H2,1H3,(H,16,19)(H,17,18)(H,20,21). The second kappa shape index (κ2) is 6.46. The van der Waals surface area contributed by atoms with Crippen LogP contribution in [0.25, 0.3) is 0 Å². The average Bonchev–Trinajstić information content (AvgIpc) is 3.24. The molecule has 0 aromatic heterocycles. The maximum absolute atomic E-state index is 11.8. The van der Waals surface area contributed by atoms with Crippen LogP contribution in [0, 0.1) is 5.41 Å². The maximum Gasteiger partial charge on any atom is 0.319 e. The Hall–Kier alpha value is -2.57. The van der Waals surface area contributed by atoms with Crippen LogP contribution in [-0.4, -0.2) is 36.0 Å². The molecule has 0 aliphatic heterocycles. The average molecular weight is 306 g/mol. The molecule has 2 rings (SSSR count). The number of hydrogen-bond acceptors (Lipinski definition) is 4. The molecule has 7 heteroatoms. The molecule has 0 heterocycles. The van der Waals surface area contributed by atoms with Gasteiger partial charge in [0.15, 0.2) is 0 Å². The van der Waals surface area contributed by atoms with Crippen LogP contribution in [-0.2, 0) is 14.4 Å². The predicted molar refractivity (Wildman–Crippen MR) is 78.6 cm³/mol. The van der Waals surface area contributed by atoms with Gasteiger partial charge in [0.05, 0.1) is 6.54 Å². The number of carboxylic acid groups (broad SMARTS) is 1. The van der Waals surface area contributed by atoms with Gasteiger partial charge in [0.1, 0.15) is 17.8 Å². The Morgan fingerprint density at radius 1 is 1.32 bits per heavy atom. The third kappa shape index (κ3) is 3.75. The zero-order chi connectivity index (χ0) is 16.2. The molecule has 0 unspecified atom stereocenters. The summed E-state index contributed by atoms with van der Waals surface area (Å²) in [5, 5.41) is 14.2. The third-order valence-electron chi connectivity index (χ3n) is 3.40. The van der Waals surface area contributed by atoms with Crippen molar-refractivity contribution in [3.05, 3.63) is 24.3 Å². The summed E-state index contributed by atoms with van der Waals surface area (Å²) in [5.41, 5.74) is -0.609. The molecule has 1 fully saturated rings. The third-order valence-corrected chi connectivity index (χ3v) is 3.40. The van der Waals surface area contributed by atoms with Crippen molar-refractivity contribution in [1.82, 2.24) is 5.32 Å². The molecule has 0 spiro atoms. The smallest absolute Gasteiger partial charge is 0.319 e. The van der Waals surface area contributed by atoms with Crippen LogP contribution in [0.1, 0.15) is 19.8 Å². The van der Waals surface area contributed by atoms with Crippen LogP contribution in [0.2, 0.25) is 0 Å². The number of carbonyl (C=O) groups excluding carboxylic acids is 2. The molecule has 0 bridgehead atoms. The highest BCUT2D eigenvalue weighted by atomic mass is 16.5. The first kappa shape index (κ1) is 15.8. The first-order valence-corrected chi connectivity index (χ1v) is 6.96. The molecule has 1 saturated carbocycles. The van der Waals surface area contributed by atoms with Gasteiger partial charge in [-0.05, 0) is 25.0 Å². The van der Waals surface area contributed by atoms with Crippen molar-refractivity contribution >= 4 is 23.5 Å². The molecule has 0 radical (unpaired) electrons. The van der Waals surface area contributed by atoms with Crippen molar-refractivity contribution in [2.75, 3.05) is 18.5 Å². The lowest BCUT2D eigenvalue weighted by Gasteiger charge is -2.12. The lowest BCUT2D eigenvalue weighted by atomic mass is 10.1. The first-order valence-electron chi connectivity index (χ1n) is 6.96. The van der Waals surface area contributed by atoms with Crippen molar-refractivity contribution in [2.24, 2.45) is 5.41 Å². The molecule has 118 valence electrons.